The fourth-order valence-corrected chi connectivity index (χ4v) is 3.16. The summed E-state index contributed by atoms with van der Waals surface area (Å²) >= 11 is 0. The second-order valence-electron chi connectivity index (χ2n) is 7.32. The van der Waals surface area contributed by atoms with E-state index in [-0.39, 0.29) is 17.3 Å². The van der Waals surface area contributed by atoms with E-state index in [1.807, 2.05) is 19.1 Å². The van der Waals surface area contributed by atoms with E-state index < -0.39 is 0 Å². The highest BCUT2D eigenvalue weighted by molar-refractivity contribution is 5.43. The third-order valence-electron chi connectivity index (χ3n) is 4.97. The van der Waals surface area contributed by atoms with Gasteiger partial charge in [0.2, 0.25) is 5.88 Å². The van der Waals surface area contributed by atoms with Crippen LogP contribution in [0.1, 0.15) is 29.3 Å². The summed E-state index contributed by atoms with van der Waals surface area (Å²) in [6.07, 6.45) is 3.97. The highest BCUT2D eigenvalue weighted by atomic mass is 19.1. The van der Waals surface area contributed by atoms with Crippen LogP contribution in [0.2, 0.25) is 0 Å². The smallest absolute Gasteiger partial charge is 0.290 e. The Bertz CT molecular complexity index is 1050. The molecule has 1 aliphatic rings. The second kappa shape index (κ2) is 7.98. The first kappa shape index (κ1) is 19.0. The van der Waals surface area contributed by atoms with E-state index in [4.69, 9.17) is 4.74 Å². The number of hydrogen-bond donors (Lipinski definition) is 1. The van der Waals surface area contributed by atoms with Gasteiger partial charge < -0.3 is 10.1 Å². The Morgan fingerprint density at radius 1 is 1.24 bits per heavy atom. The minimum absolute atomic E-state index is 0.232. The number of nitrogens with one attached hydrogen (secondary N) is 1. The molecule has 1 N–H and O–H groups in total. The molecule has 0 bridgehead atoms. The summed E-state index contributed by atoms with van der Waals surface area (Å²) in [7, 11) is 1.59. The predicted octanol–water partition coefficient (Wildman–Crippen LogP) is 2.81. The molecule has 0 radical (unpaired) electrons. The zero-order valence-electron chi connectivity index (χ0n) is 16.3. The molecule has 8 heteroatoms. The van der Waals surface area contributed by atoms with Gasteiger partial charge in [-0.25, -0.2) is 9.07 Å². The lowest BCUT2D eigenvalue weighted by molar-refractivity contribution is 0.278. The molecule has 7 nitrogen and oxygen atoms in total. The zero-order chi connectivity index (χ0) is 20.4. The number of rotatable bonds is 7. The van der Waals surface area contributed by atoms with Crippen molar-refractivity contribution in [2.24, 2.45) is 13.0 Å². The predicted molar refractivity (Wildman–Crippen MR) is 106 cm³/mol. The molecule has 1 aliphatic carbocycles. The molecule has 0 unspecified atom stereocenters. The van der Waals surface area contributed by atoms with E-state index >= 15 is 0 Å². The van der Waals surface area contributed by atoms with Crippen LogP contribution < -0.4 is 15.6 Å². The van der Waals surface area contributed by atoms with Crippen LogP contribution in [0.15, 0.2) is 47.5 Å². The summed E-state index contributed by atoms with van der Waals surface area (Å²) in [4.78, 5) is 20.8. The number of ether oxygens (including phenoxy) is 1. The van der Waals surface area contributed by atoms with Crippen LogP contribution in [0, 0.1) is 18.7 Å². The van der Waals surface area contributed by atoms with Crippen LogP contribution in [-0.2, 0) is 13.6 Å². The number of pyridine rings is 2. The summed E-state index contributed by atoms with van der Waals surface area (Å²) in [5, 5.41) is 7.28. The monoisotopic (exact) mass is 395 g/mol. The Morgan fingerprint density at radius 3 is 2.83 bits per heavy atom. The van der Waals surface area contributed by atoms with Gasteiger partial charge in [0.05, 0.1) is 25.0 Å². The average Bonchev–Trinajstić information content (AvgIpc) is 3.49. The van der Waals surface area contributed by atoms with Crippen LogP contribution in [-0.4, -0.2) is 26.4 Å². The molecule has 3 aromatic rings. The first-order valence-corrected chi connectivity index (χ1v) is 9.47. The van der Waals surface area contributed by atoms with Gasteiger partial charge in [-0.15, -0.1) is 5.10 Å². The summed E-state index contributed by atoms with van der Waals surface area (Å²) in [6, 6.07) is 8.65. The Labute approximate surface area is 167 Å². The van der Waals surface area contributed by atoms with Crippen LogP contribution >= 0.6 is 0 Å². The van der Waals surface area contributed by atoms with Crippen molar-refractivity contribution in [3.05, 3.63) is 75.8 Å². The molecule has 150 valence electrons. The highest BCUT2D eigenvalue weighted by Crippen LogP contribution is 2.46. The number of hydrogen-bond acceptors (Lipinski definition) is 6. The lowest BCUT2D eigenvalue weighted by Crippen LogP contribution is -2.24. The topological polar surface area (TPSA) is 81.9 Å². The van der Waals surface area contributed by atoms with Crippen molar-refractivity contribution in [2.45, 2.75) is 25.8 Å². The van der Waals surface area contributed by atoms with Gasteiger partial charge in [-0.3, -0.25) is 14.8 Å². The van der Waals surface area contributed by atoms with E-state index in [9.17, 15) is 9.18 Å². The van der Waals surface area contributed by atoms with Crippen molar-refractivity contribution >= 4 is 5.69 Å². The van der Waals surface area contributed by atoms with E-state index in [0.717, 1.165) is 23.4 Å². The van der Waals surface area contributed by atoms with Gasteiger partial charge in [-0.1, -0.05) is 6.07 Å². The van der Waals surface area contributed by atoms with Crippen molar-refractivity contribution in [1.29, 1.82) is 0 Å². The first-order chi connectivity index (χ1) is 14.0. The van der Waals surface area contributed by atoms with E-state index in [1.54, 1.807) is 25.4 Å². The number of aryl methyl sites for hydroxylation is 2. The third kappa shape index (κ3) is 4.59. The van der Waals surface area contributed by atoms with Crippen molar-refractivity contribution in [3.8, 4) is 5.88 Å². The van der Waals surface area contributed by atoms with Gasteiger partial charge in [0.1, 0.15) is 11.5 Å². The van der Waals surface area contributed by atoms with Gasteiger partial charge in [0, 0.05) is 36.8 Å². The Hall–Kier alpha value is -3.29. The zero-order valence-corrected chi connectivity index (χ0v) is 16.3. The van der Waals surface area contributed by atoms with Crippen LogP contribution in [0.5, 0.6) is 5.88 Å². The lowest BCUT2D eigenvalue weighted by atomic mass is 10.2. The molecule has 3 aromatic heterocycles. The van der Waals surface area contributed by atoms with Gasteiger partial charge in [0.15, 0.2) is 0 Å². The summed E-state index contributed by atoms with van der Waals surface area (Å²) in [5.74, 6) is 0.621. The number of aromatic nitrogens is 4. The molecule has 0 saturated heterocycles. The summed E-state index contributed by atoms with van der Waals surface area (Å²) in [5.41, 5.74) is 2.97. The number of anilines is 1. The Balaban J connectivity index is 1.37. The largest absolute Gasteiger partial charge is 0.476 e. The summed E-state index contributed by atoms with van der Waals surface area (Å²) < 4.78 is 20.1. The summed E-state index contributed by atoms with van der Waals surface area (Å²) in [6.45, 7) is 2.87. The third-order valence-corrected chi connectivity index (χ3v) is 4.97. The number of nitrogens with zero attached hydrogens (tertiary/aromatic N) is 4. The minimum atomic E-state index is -0.336. The average molecular weight is 395 g/mol. The van der Waals surface area contributed by atoms with Crippen molar-refractivity contribution in [2.75, 3.05) is 11.9 Å². The fraction of sp³-hybridized carbons (Fsp3) is 0.333. The normalized spacial score (nSPS) is 17.8. The standard InChI is InChI=1S/C21H22FN5O2/c1-13-3-5-16(23-9-13)11-25-19-8-20(26-27(2)21(19)28)29-12-14-7-17(14)18-6-4-15(22)10-24-18/h3-6,8-10,14,17,25H,7,11-12H2,1-2H3/t14-,17+/m1/s1. The lowest BCUT2D eigenvalue weighted by Gasteiger charge is -2.10. The van der Waals surface area contributed by atoms with Gasteiger partial charge in [-0.05, 0) is 37.1 Å². The highest BCUT2D eigenvalue weighted by Gasteiger charge is 2.40. The molecule has 0 aliphatic heterocycles. The molecular formula is C21H22FN5O2. The SMILES string of the molecule is Cc1ccc(CNc2cc(OC[C@H]3C[C@@H]3c3ccc(F)cn3)nn(C)c2=O)nc1. The maximum absolute atomic E-state index is 13.0. The minimum Gasteiger partial charge on any atom is -0.476 e. The van der Waals surface area contributed by atoms with E-state index in [2.05, 4.69) is 20.4 Å². The van der Waals surface area contributed by atoms with Crippen molar-refractivity contribution < 1.29 is 9.13 Å². The van der Waals surface area contributed by atoms with E-state index in [1.165, 1.54) is 16.9 Å². The second-order valence-corrected chi connectivity index (χ2v) is 7.32. The quantitative estimate of drug-likeness (QED) is 0.663. The van der Waals surface area contributed by atoms with E-state index in [0.29, 0.717) is 30.6 Å². The van der Waals surface area contributed by atoms with Crippen molar-refractivity contribution in [1.82, 2.24) is 19.7 Å². The molecule has 1 fully saturated rings. The van der Waals surface area contributed by atoms with Gasteiger partial charge in [-0.2, -0.15) is 0 Å². The first-order valence-electron chi connectivity index (χ1n) is 9.47. The van der Waals surface area contributed by atoms with Gasteiger partial charge >= 0.3 is 0 Å². The maximum Gasteiger partial charge on any atom is 0.290 e. The van der Waals surface area contributed by atoms with Crippen molar-refractivity contribution in [3.63, 3.8) is 0 Å². The molecule has 1 saturated carbocycles. The van der Waals surface area contributed by atoms with Gasteiger partial charge in [0.25, 0.3) is 5.56 Å². The molecule has 29 heavy (non-hydrogen) atoms. The molecule has 4 rings (SSSR count). The molecule has 0 spiro atoms. The Kier molecular flexibility index (Phi) is 5.24. The van der Waals surface area contributed by atoms with Crippen LogP contribution in [0.3, 0.4) is 0 Å². The maximum atomic E-state index is 13.0. The Morgan fingerprint density at radius 2 is 2.10 bits per heavy atom. The number of halogens is 1. The van der Waals surface area contributed by atoms with Crippen LogP contribution in [0.4, 0.5) is 10.1 Å². The molecule has 3 heterocycles. The fourth-order valence-electron chi connectivity index (χ4n) is 3.16. The van der Waals surface area contributed by atoms with Crippen LogP contribution in [0.25, 0.3) is 0 Å². The molecular weight excluding hydrogens is 373 g/mol. The molecule has 2 atom stereocenters. The molecule has 0 aromatic carbocycles. The molecule has 0 amide bonds.